The number of rotatable bonds is 6. The number of fused-ring (bicyclic) bond motifs is 1. The van der Waals surface area contributed by atoms with Crippen LogP contribution in [0.15, 0.2) is 42.5 Å². The number of amides is 1. The maximum Gasteiger partial charge on any atom is 0.251 e. The van der Waals surface area contributed by atoms with Crippen LogP contribution in [-0.4, -0.2) is 64.0 Å². The molecular weight excluding hydrogens is 358 g/mol. The van der Waals surface area contributed by atoms with Gasteiger partial charge in [-0.25, -0.2) is 0 Å². The van der Waals surface area contributed by atoms with Gasteiger partial charge in [0.05, 0.1) is 7.11 Å². The van der Waals surface area contributed by atoms with Crippen LogP contribution in [0.2, 0.25) is 0 Å². The Kier molecular flexibility index (Phi) is 5.53. The highest BCUT2D eigenvalue weighted by Crippen LogP contribution is 2.32. The molecule has 0 spiro atoms. The second kappa shape index (κ2) is 8.39. The van der Waals surface area contributed by atoms with Crippen LogP contribution < -0.4 is 24.4 Å². The highest BCUT2D eigenvalue weighted by molar-refractivity contribution is 5.94. The van der Waals surface area contributed by atoms with Crippen molar-refractivity contribution < 1.29 is 19.0 Å². The van der Waals surface area contributed by atoms with Crippen LogP contribution in [0.4, 0.5) is 5.69 Å². The van der Waals surface area contributed by atoms with Crippen LogP contribution in [0.3, 0.4) is 0 Å². The number of hydrogen-bond acceptors (Lipinski definition) is 6. The van der Waals surface area contributed by atoms with Gasteiger partial charge in [0.2, 0.25) is 6.79 Å². The molecule has 2 aromatic carbocycles. The van der Waals surface area contributed by atoms with E-state index in [1.165, 1.54) is 5.69 Å². The first-order valence-corrected chi connectivity index (χ1v) is 9.52. The van der Waals surface area contributed by atoms with Crippen molar-refractivity contribution in [3.63, 3.8) is 0 Å². The molecule has 0 saturated carbocycles. The third-order valence-electron chi connectivity index (χ3n) is 5.16. The monoisotopic (exact) mass is 383 g/mol. The first-order chi connectivity index (χ1) is 13.7. The fraction of sp³-hybridized carbons (Fsp3) is 0.381. The molecule has 2 aromatic rings. The van der Waals surface area contributed by atoms with Crippen LogP contribution >= 0.6 is 0 Å². The average Bonchev–Trinajstić information content (AvgIpc) is 3.22. The lowest BCUT2D eigenvalue weighted by atomic mass is 10.2. The van der Waals surface area contributed by atoms with E-state index in [1.54, 1.807) is 25.3 Å². The molecule has 1 fully saturated rings. The number of piperazine rings is 1. The zero-order valence-electron chi connectivity index (χ0n) is 16.0. The lowest BCUT2D eigenvalue weighted by Gasteiger charge is -2.36. The van der Waals surface area contributed by atoms with E-state index in [4.69, 9.17) is 14.2 Å². The first-order valence-electron chi connectivity index (χ1n) is 9.52. The molecular formula is C21H25N3O4. The Morgan fingerprint density at radius 3 is 2.54 bits per heavy atom. The lowest BCUT2D eigenvalue weighted by molar-refractivity contribution is 0.0947. The molecule has 0 aliphatic carbocycles. The fourth-order valence-electron chi connectivity index (χ4n) is 3.49. The summed E-state index contributed by atoms with van der Waals surface area (Å²) >= 11 is 0. The molecule has 0 bridgehead atoms. The van der Waals surface area contributed by atoms with E-state index >= 15 is 0 Å². The normalized spacial score (nSPS) is 16.1. The third kappa shape index (κ3) is 4.14. The smallest absolute Gasteiger partial charge is 0.251 e. The lowest BCUT2D eigenvalue weighted by Crippen LogP contribution is -2.48. The molecule has 0 aromatic heterocycles. The summed E-state index contributed by atoms with van der Waals surface area (Å²) in [5.41, 5.74) is 1.81. The summed E-state index contributed by atoms with van der Waals surface area (Å²) in [4.78, 5) is 17.1. The third-order valence-corrected chi connectivity index (χ3v) is 5.16. The summed E-state index contributed by atoms with van der Waals surface area (Å²) in [6.07, 6.45) is 0. The number of nitrogens with zero attached hydrogens (tertiary/aromatic N) is 2. The number of methoxy groups -OCH3 is 1. The summed E-state index contributed by atoms with van der Waals surface area (Å²) in [5.74, 6) is 2.10. The highest BCUT2D eigenvalue weighted by Gasteiger charge is 2.18. The van der Waals surface area contributed by atoms with Crippen LogP contribution in [-0.2, 0) is 0 Å². The van der Waals surface area contributed by atoms with Crippen molar-refractivity contribution in [1.82, 2.24) is 10.2 Å². The molecule has 2 aliphatic rings. The number of anilines is 1. The topological polar surface area (TPSA) is 63.3 Å². The molecule has 1 amide bonds. The van der Waals surface area contributed by atoms with E-state index in [0.29, 0.717) is 23.6 Å². The van der Waals surface area contributed by atoms with Gasteiger partial charge in [-0.05, 0) is 42.5 Å². The van der Waals surface area contributed by atoms with E-state index < -0.39 is 0 Å². The maximum absolute atomic E-state index is 12.3. The van der Waals surface area contributed by atoms with Crippen molar-refractivity contribution in [3.05, 3.63) is 48.0 Å². The molecule has 1 saturated heterocycles. The number of ether oxygens (including phenoxy) is 3. The van der Waals surface area contributed by atoms with Crippen LogP contribution in [0.25, 0.3) is 0 Å². The Morgan fingerprint density at radius 1 is 1.04 bits per heavy atom. The summed E-state index contributed by atoms with van der Waals surface area (Å²) < 4.78 is 15.8. The van der Waals surface area contributed by atoms with Gasteiger partial charge in [0.25, 0.3) is 5.91 Å². The van der Waals surface area contributed by atoms with Crippen LogP contribution in [0, 0.1) is 0 Å². The van der Waals surface area contributed by atoms with Crippen molar-refractivity contribution in [3.8, 4) is 17.2 Å². The van der Waals surface area contributed by atoms with Crippen molar-refractivity contribution in [2.24, 2.45) is 0 Å². The molecule has 148 valence electrons. The largest absolute Gasteiger partial charge is 0.497 e. The Hall–Kier alpha value is -2.93. The van der Waals surface area contributed by atoms with E-state index in [9.17, 15) is 4.79 Å². The summed E-state index contributed by atoms with van der Waals surface area (Å²) in [7, 11) is 1.68. The van der Waals surface area contributed by atoms with E-state index in [2.05, 4.69) is 27.2 Å². The fourth-order valence-corrected chi connectivity index (χ4v) is 3.49. The molecule has 7 heteroatoms. The van der Waals surface area contributed by atoms with Gasteiger partial charge in [-0.2, -0.15) is 0 Å². The van der Waals surface area contributed by atoms with Crippen LogP contribution in [0.1, 0.15) is 10.4 Å². The van der Waals surface area contributed by atoms with Gasteiger partial charge in [-0.1, -0.05) is 0 Å². The minimum Gasteiger partial charge on any atom is -0.497 e. The van der Waals surface area contributed by atoms with Crippen molar-refractivity contribution >= 4 is 11.6 Å². The van der Waals surface area contributed by atoms with Gasteiger partial charge < -0.3 is 24.4 Å². The van der Waals surface area contributed by atoms with Gasteiger partial charge in [-0.3, -0.25) is 9.69 Å². The maximum atomic E-state index is 12.3. The highest BCUT2D eigenvalue weighted by atomic mass is 16.7. The minimum absolute atomic E-state index is 0.0878. The molecule has 0 unspecified atom stereocenters. The summed E-state index contributed by atoms with van der Waals surface area (Å²) in [6, 6.07) is 13.4. The molecule has 0 radical (unpaired) electrons. The van der Waals surface area contributed by atoms with Crippen molar-refractivity contribution in [1.29, 1.82) is 0 Å². The second-order valence-corrected chi connectivity index (χ2v) is 6.85. The molecule has 0 atom stereocenters. The van der Waals surface area contributed by atoms with Gasteiger partial charge >= 0.3 is 0 Å². The Labute approximate surface area is 164 Å². The van der Waals surface area contributed by atoms with Crippen molar-refractivity contribution in [2.45, 2.75) is 0 Å². The zero-order valence-corrected chi connectivity index (χ0v) is 16.0. The summed E-state index contributed by atoms with van der Waals surface area (Å²) in [6.45, 7) is 5.58. The van der Waals surface area contributed by atoms with Gasteiger partial charge in [0.1, 0.15) is 5.75 Å². The van der Waals surface area contributed by atoms with Gasteiger partial charge in [0.15, 0.2) is 11.5 Å². The molecule has 2 aliphatic heterocycles. The molecule has 28 heavy (non-hydrogen) atoms. The van der Waals surface area contributed by atoms with E-state index in [0.717, 1.165) is 38.5 Å². The van der Waals surface area contributed by atoms with Crippen LogP contribution in [0.5, 0.6) is 17.2 Å². The Bertz CT molecular complexity index is 817. The molecule has 7 nitrogen and oxygen atoms in total. The van der Waals surface area contributed by atoms with E-state index in [-0.39, 0.29) is 12.7 Å². The van der Waals surface area contributed by atoms with Crippen molar-refractivity contribution in [2.75, 3.05) is 58.1 Å². The number of carbonyl (C=O) groups excluding carboxylic acids is 1. The molecule has 2 heterocycles. The van der Waals surface area contributed by atoms with E-state index in [1.807, 2.05) is 12.1 Å². The average molecular weight is 383 g/mol. The number of carbonyl (C=O) groups is 1. The molecule has 4 rings (SSSR count). The number of hydrogen-bond donors (Lipinski definition) is 1. The SMILES string of the molecule is COc1ccc(N2CCN(CCNC(=O)c3ccc4c(c3)OCO4)CC2)cc1. The zero-order chi connectivity index (χ0) is 19.3. The minimum atomic E-state index is -0.0878. The standard InChI is InChI=1S/C21H25N3O4/c1-26-18-5-3-17(4-6-18)24-12-10-23(11-13-24)9-8-22-21(25)16-2-7-19-20(14-16)28-15-27-19/h2-7,14H,8-13,15H2,1H3,(H,22,25). The Balaban J connectivity index is 1.20. The number of nitrogens with one attached hydrogen (secondary N) is 1. The predicted molar refractivity (Wildman–Crippen MR) is 107 cm³/mol. The summed E-state index contributed by atoms with van der Waals surface area (Å²) in [5, 5.41) is 2.99. The number of benzene rings is 2. The molecule has 1 N–H and O–H groups in total. The predicted octanol–water partition coefficient (Wildman–Crippen LogP) is 1.98. The second-order valence-electron chi connectivity index (χ2n) is 6.85. The quantitative estimate of drug-likeness (QED) is 0.823. The first kappa shape index (κ1) is 18.4. The van der Waals surface area contributed by atoms with Gasteiger partial charge in [-0.15, -0.1) is 0 Å². The van der Waals surface area contributed by atoms with Gasteiger partial charge in [0, 0.05) is 50.5 Å². The Morgan fingerprint density at radius 2 is 1.79 bits per heavy atom.